The molecule has 0 radical (unpaired) electrons. The minimum absolute atomic E-state index is 0.103. The first-order chi connectivity index (χ1) is 16.2. The Hall–Kier alpha value is -1.49. The number of hydrogen-bond donors (Lipinski definition) is 2. The van der Waals surface area contributed by atoms with E-state index in [0.29, 0.717) is 48.2 Å². The number of nitrogens with zero attached hydrogens (tertiary/aromatic N) is 1. The summed E-state index contributed by atoms with van der Waals surface area (Å²) in [5, 5.41) is 24.6. The zero-order chi connectivity index (χ0) is 26.1. The van der Waals surface area contributed by atoms with Crippen molar-refractivity contribution in [2.75, 3.05) is 0 Å². The lowest BCUT2D eigenvalue weighted by Crippen LogP contribution is -2.62. The zero-order valence-electron chi connectivity index (χ0n) is 23.2. The molecule has 5 nitrogen and oxygen atoms in total. The minimum Gasteiger partial charge on any atom is -0.411 e. The predicted octanol–water partition coefficient (Wildman–Crippen LogP) is 6.36. The molecule has 4 aliphatic carbocycles. The summed E-state index contributed by atoms with van der Waals surface area (Å²) in [5.74, 6) is 0.924. The highest BCUT2D eigenvalue weighted by Gasteiger charge is 2.69. The smallest absolute Gasteiger partial charge is 0.207 e. The molecular formula is C30H47NO4. The highest BCUT2D eigenvalue weighted by molar-refractivity contribution is 6.49. The van der Waals surface area contributed by atoms with Gasteiger partial charge in [0, 0.05) is 39.7 Å². The number of allylic oxidation sites excluding steroid dienone is 2. The molecule has 7 atom stereocenters. The van der Waals surface area contributed by atoms with Crippen molar-refractivity contribution >= 4 is 17.3 Å². The fourth-order valence-electron chi connectivity index (χ4n) is 9.21. The van der Waals surface area contributed by atoms with Crippen molar-refractivity contribution in [3.05, 3.63) is 11.1 Å². The van der Waals surface area contributed by atoms with Crippen molar-refractivity contribution in [1.29, 1.82) is 0 Å². The van der Waals surface area contributed by atoms with E-state index in [1.165, 1.54) is 12.8 Å². The first-order valence-corrected chi connectivity index (χ1v) is 13.9. The second-order valence-corrected chi connectivity index (χ2v) is 14.1. The Balaban J connectivity index is 1.82. The monoisotopic (exact) mass is 485 g/mol. The number of aliphatic hydroxyl groups is 1. The number of ketones is 2. The predicted molar refractivity (Wildman–Crippen MR) is 138 cm³/mol. The van der Waals surface area contributed by atoms with Crippen LogP contribution in [0.2, 0.25) is 0 Å². The molecule has 0 amide bonds. The molecule has 5 heteroatoms. The Morgan fingerprint density at radius 3 is 2.23 bits per heavy atom. The van der Waals surface area contributed by atoms with E-state index in [2.05, 4.69) is 46.7 Å². The minimum atomic E-state index is -0.673. The van der Waals surface area contributed by atoms with Gasteiger partial charge < -0.3 is 10.3 Å². The maximum atomic E-state index is 14.2. The number of fused-ring (bicyclic) bond motifs is 4. The molecule has 196 valence electrons. The Bertz CT molecular complexity index is 977. The van der Waals surface area contributed by atoms with E-state index in [1.54, 1.807) is 0 Å². The molecule has 0 saturated heterocycles. The highest BCUT2D eigenvalue weighted by atomic mass is 16.4. The molecule has 0 aromatic heterocycles. The van der Waals surface area contributed by atoms with Gasteiger partial charge in [-0.2, -0.15) is 0 Å². The maximum absolute atomic E-state index is 14.2. The fraction of sp³-hybridized carbons (Fsp3) is 0.833. The number of Topliss-reactive ketones (excluding diaryl/α,β-unsaturated/α-hetero) is 2. The van der Waals surface area contributed by atoms with E-state index in [0.717, 1.165) is 19.3 Å². The van der Waals surface area contributed by atoms with Crippen LogP contribution in [0.25, 0.3) is 0 Å². The number of rotatable bonds is 5. The number of carbonyl (C=O) groups is 2. The van der Waals surface area contributed by atoms with Crippen LogP contribution in [0, 0.1) is 45.3 Å². The summed E-state index contributed by atoms with van der Waals surface area (Å²) in [6.07, 6.45) is 6.51. The molecule has 0 unspecified atom stereocenters. The van der Waals surface area contributed by atoms with Gasteiger partial charge in [0.1, 0.15) is 5.71 Å². The number of oxime groups is 1. The van der Waals surface area contributed by atoms with Gasteiger partial charge in [0.15, 0.2) is 5.78 Å². The first-order valence-electron chi connectivity index (χ1n) is 13.9. The first kappa shape index (κ1) is 26.6. The number of aliphatic hydroxyl groups excluding tert-OH is 1. The normalized spacial score (nSPS) is 42.8. The second kappa shape index (κ2) is 8.53. The van der Waals surface area contributed by atoms with Crippen molar-refractivity contribution in [1.82, 2.24) is 0 Å². The van der Waals surface area contributed by atoms with Gasteiger partial charge in [0.05, 0.1) is 6.10 Å². The van der Waals surface area contributed by atoms with Crippen molar-refractivity contribution < 1.29 is 19.9 Å². The van der Waals surface area contributed by atoms with E-state index in [1.807, 2.05) is 13.8 Å². The van der Waals surface area contributed by atoms with E-state index in [4.69, 9.17) is 0 Å². The third-order valence-electron chi connectivity index (χ3n) is 11.4. The molecular weight excluding hydrogens is 438 g/mol. The molecule has 0 aromatic rings. The van der Waals surface area contributed by atoms with Crippen molar-refractivity contribution in [2.45, 2.75) is 113 Å². The highest BCUT2D eigenvalue weighted by Crippen LogP contribution is 2.70. The van der Waals surface area contributed by atoms with Crippen LogP contribution in [-0.4, -0.2) is 33.7 Å². The molecule has 4 rings (SSSR count). The second-order valence-electron chi connectivity index (χ2n) is 14.1. The summed E-state index contributed by atoms with van der Waals surface area (Å²) in [6.45, 7) is 17.3. The van der Waals surface area contributed by atoms with Crippen LogP contribution in [0.3, 0.4) is 0 Å². The topological polar surface area (TPSA) is 87.0 Å². The summed E-state index contributed by atoms with van der Waals surface area (Å²) in [4.78, 5) is 28.3. The summed E-state index contributed by atoms with van der Waals surface area (Å²) >= 11 is 0. The summed E-state index contributed by atoms with van der Waals surface area (Å²) in [5.41, 5.74) is -0.539. The molecule has 0 aromatic carbocycles. The number of carbonyl (C=O) groups excluding carboxylic acids is 2. The van der Waals surface area contributed by atoms with Gasteiger partial charge in [0.2, 0.25) is 5.78 Å². The van der Waals surface area contributed by atoms with E-state index < -0.39 is 28.3 Å². The lowest BCUT2D eigenvalue weighted by atomic mass is 9.42. The van der Waals surface area contributed by atoms with E-state index in [-0.39, 0.29) is 22.7 Å². The van der Waals surface area contributed by atoms with Crippen molar-refractivity contribution in [3.8, 4) is 0 Å². The summed E-state index contributed by atoms with van der Waals surface area (Å²) in [7, 11) is 0. The van der Waals surface area contributed by atoms with Crippen molar-refractivity contribution in [2.24, 2.45) is 50.5 Å². The lowest BCUT2D eigenvalue weighted by molar-refractivity contribution is -0.131. The van der Waals surface area contributed by atoms with Crippen LogP contribution in [0.4, 0.5) is 0 Å². The van der Waals surface area contributed by atoms with Gasteiger partial charge in [-0.1, -0.05) is 79.8 Å². The molecule has 2 N–H and O–H groups in total. The van der Waals surface area contributed by atoms with E-state index in [9.17, 15) is 19.9 Å². The SMILES string of the molecule is CC(C)CCC[C@H](C)[C@@H]1CC[C@]2(C)C3=C(C(=O)C[C@]12C)[C@]1(C)CC[C@H](O)C(C)(C)[C@@H]1C(=NO)C3=O. The standard InChI is InChI=1S/C30H47NO4/c1-17(2)10-9-11-18(3)19-12-15-29(7)23-22(20(32)16-30(19,29)8)28(6)14-13-21(33)27(4,5)26(28)24(31-35)25(23)34/h17-19,21,26,33,35H,9-16H2,1-8H3/t18-,19-,21-,26-,28-,29+,30+/m0/s1. The number of hydrogen-bond acceptors (Lipinski definition) is 5. The van der Waals surface area contributed by atoms with Gasteiger partial charge in [-0.05, 0) is 48.9 Å². The van der Waals surface area contributed by atoms with Crippen LogP contribution in [-0.2, 0) is 9.59 Å². The van der Waals surface area contributed by atoms with Crippen LogP contribution in [0.15, 0.2) is 16.3 Å². The average molecular weight is 486 g/mol. The fourth-order valence-corrected chi connectivity index (χ4v) is 9.21. The van der Waals surface area contributed by atoms with Gasteiger partial charge >= 0.3 is 0 Å². The maximum Gasteiger partial charge on any atom is 0.207 e. The lowest BCUT2D eigenvalue weighted by Gasteiger charge is -2.60. The van der Waals surface area contributed by atoms with Crippen LogP contribution >= 0.6 is 0 Å². The third-order valence-corrected chi connectivity index (χ3v) is 11.4. The molecule has 35 heavy (non-hydrogen) atoms. The average Bonchev–Trinajstić information content (AvgIpc) is 3.02. The van der Waals surface area contributed by atoms with Crippen LogP contribution in [0.5, 0.6) is 0 Å². The summed E-state index contributed by atoms with van der Waals surface area (Å²) < 4.78 is 0. The van der Waals surface area contributed by atoms with Gasteiger partial charge in [-0.25, -0.2) is 0 Å². The quantitative estimate of drug-likeness (QED) is 0.350. The van der Waals surface area contributed by atoms with Gasteiger partial charge in [0.25, 0.3) is 0 Å². The summed E-state index contributed by atoms with van der Waals surface area (Å²) in [6, 6.07) is 0. The van der Waals surface area contributed by atoms with Crippen LogP contribution < -0.4 is 0 Å². The van der Waals surface area contributed by atoms with Crippen molar-refractivity contribution in [3.63, 3.8) is 0 Å². The molecule has 0 aliphatic heterocycles. The Morgan fingerprint density at radius 2 is 1.63 bits per heavy atom. The zero-order valence-corrected chi connectivity index (χ0v) is 23.2. The van der Waals surface area contributed by atoms with E-state index >= 15 is 0 Å². The molecule has 0 heterocycles. The van der Waals surface area contributed by atoms with Gasteiger partial charge in [-0.15, -0.1) is 0 Å². The molecule has 0 bridgehead atoms. The molecule has 2 fully saturated rings. The van der Waals surface area contributed by atoms with Gasteiger partial charge in [-0.3, -0.25) is 9.59 Å². The molecule has 2 saturated carbocycles. The Labute approximate surface area is 211 Å². The Kier molecular flexibility index (Phi) is 6.48. The van der Waals surface area contributed by atoms with Crippen LogP contribution in [0.1, 0.15) is 107 Å². The molecule has 4 aliphatic rings. The molecule has 0 spiro atoms. The Morgan fingerprint density at radius 1 is 0.971 bits per heavy atom. The third kappa shape index (κ3) is 3.54. The largest absolute Gasteiger partial charge is 0.411 e.